The Morgan fingerprint density at radius 3 is 2.47 bits per heavy atom. The molecule has 0 aliphatic carbocycles. The maximum absolute atomic E-state index is 13.6. The number of nitrogens with zero attached hydrogens (tertiary/aromatic N) is 3. The van der Waals surface area contributed by atoms with Crippen LogP contribution in [-0.4, -0.2) is 15.4 Å². The van der Waals surface area contributed by atoms with E-state index in [1.807, 2.05) is 18.2 Å². The van der Waals surface area contributed by atoms with Crippen LogP contribution in [0.15, 0.2) is 92.2 Å². The monoisotopic (exact) mass is 500 g/mol. The third-order valence-electron chi connectivity index (χ3n) is 5.73. The number of nitrogens with one attached hydrogen (secondary N) is 1. The van der Waals surface area contributed by atoms with Crippen LogP contribution < -0.4 is 20.2 Å². The Balaban J connectivity index is 1.63. The van der Waals surface area contributed by atoms with Crippen molar-refractivity contribution in [2.45, 2.75) is 19.9 Å². The number of anilines is 1. The summed E-state index contributed by atoms with van der Waals surface area (Å²) < 4.78 is 7.74. The fraction of sp³-hybridized carbons (Fsp3) is 0.115. The summed E-state index contributed by atoms with van der Waals surface area (Å²) >= 11 is 1.18. The summed E-state index contributed by atoms with van der Waals surface area (Å²) in [4.78, 5) is 42.5. The Bertz CT molecular complexity index is 1700. The molecule has 1 aliphatic heterocycles. The summed E-state index contributed by atoms with van der Waals surface area (Å²) in [5.41, 5.74) is 1.66. The van der Waals surface area contributed by atoms with Crippen molar-refractivity contribution >= 4 is 34.7 Å². The second kappa shape index (κ2) is 9.23. The Labute approximate surface area is 208 Å². The van der Waals surface area contributed by atoms with Gasteiger partial charge in [-0.05, 0) is 61.9 Å². The van der Waals surface area contributed by atoms with Crippen molar-refractivity contribution in [3.05, 3.63) is 125 Å². The molecule has 2 aromatic carbocycles. The normalized spacial score (nSPS) is 15.4. The van der Waals surface area contributed by atoms with Crippen molar-refractivity contribution in [3.8, 4) is 0 Å². The van der Waals surface area contributed by atoms with Gasteiger partial charge in [-0.25, -0.2) is 4.99 Å². The van der Waals surface area contributed by atoms with E-state index in [-0.39, 0.29) is 17.2 Å². The predicted octanol–water partition coefficient (Wildman–Crippen LogP) is 3.68. The van der Waals surface area contributed by atoms with E-state index in [4.69, 9.17) is 4.42 Å². The number of nitro benzene ring substituents is 1. The summed E-state index contributed by atoms with van der Waals surface area (Å²) in [5.74, 6) is 0.713. The van der Waals surface area contributed by atoms with Crippen LogP contribution in [0.5, 0.6) is 0 Å². The van der Waals surface area contributed by atoms with Gasteiger partial charge in [-0.3, -0.25) is 24.3 Å². The minimum absolute atomic E-state index is 0.0357. The molecule has 0 spiro atoms. The first-order valence-electron chi connectivity index (χ1n) is 11.0. The van der Waals surface area contributed by atoms with Gasteiger partial charge in [0.1, 0.15) is 17.6 Å². The summed E-state index contributed by atoms with van der Waals surface area (Å²) in [6.45, 7) is 3.53. The molecule has 1 atom stereocenters. The number of amides is 1. The van der Waals surface area contributed by atoms with Crippen LogP contribution in [0.4, 0.5) is 11.4 Å². The lowest BCUT2D eigenvalue weighted by Crippen LogP contribution is -2.40. The van der Waals surface area contributed by atoms with Crippen molar-refractivity contribution in [1.82, 2.24) is 4.57 Å². The number of carbonyl (C=O) groups excluding carboxylic acids is 1. The second-order valence-electron chi connectivity index (χ2n) is 8.20. The number of aryl methyl sites for hydroxylation is 1. The van der Waals surface area contributed by atoms with Crippen molar-refractivity contribution in [1.29, 1.82) is 0 Å². The maximum atomic E-state index is 13.6. The third kappa shape index (κ3) is 4.29. The molecule has 9 nitrogen and oxygen atoms in total. The third-order valence-corrected chi connectivity index (χ3v) is 6.71. The Hall–Kier alpha value is -4.57. The zero-order valence-electron chi connectivity index (χ0n) is 19.3. The van der Waals surface area contributed by atoms with Crippen LogP contribution in [0.3, 0.4) is 0 Å². The van der Waals surface area contributed by atoms with Gasteiger partial charge in [-0.2, -0.15) is 0 Å². The van der Waals surface area contributed by atoms with Gasteiger partial charge in [-0.1, -0.05) is 29.5 Å². The zero-order valence-corrected chi connectivity index (χ0v) is 20.1. The van der Waals surface area contributed by atoms with Crippen LogP contribution in [0.25, 0.3) is 6.08 Å². The molecular weight excluding hydrogens is 480 g/mol. The molecule has 3 heterocycles. The number of fused-ring (bicyclic) bond motifs is 1. The van der Waals surface area contributed by atoms with Crippen molar-refractivity contribution in [3.63, 3.8) is 0 Å². The molecule has 0 radical (unpaired) electrons. The number of nitro groups is 1. The molecule has 0 saturated carbocycles. The van der Waals surface area contributed by atoms with Crippen molar-refractivity contribution < 1.29 is 14.1 Å². The lowest BCUT2D eigenvalue weighted by molar-refractivity contribution is -0.384. The molecule has 2 aromatic heterocycles. The molecular formula is C26H20N4O5S. The fourth-order valence-corrected chi connectivity index (χ4v) is 5.09. The number of para-hydroxylation sites is 1. The topological polar surface area (TPSA) is 120 Å². The number of thiazole rings is 1. The van der Waals surface area contributed by atoms with Gasteiger partial charge in [0.15, 0.2) is 4.80 Å². The van der Waals surface area contributed by atoms with Crippen LogP contribution >= 0.6 is 11.3 Å². The Kier molecular flexibility index (Phi) is 5.95. The largest absolute Gasteiger partial charge is 0.464 e. The van der Waals surface area contributed by atoms with E-state index in [9.17, 15) is 19.7 Å². The standard InChI is InChI=1S/C26H20N4O5S/c1-15-8-13-20(35-15)23-22(24(31)28-18-6-4-3-5-7-18)16(2)27-26-29(23)25(32)21(36-26)14-17-9-11-19(12-10-17)30(33)34/h3-14,23H,1-2H3,(H,28,31). The maximum Gasteiger partial charge on any atom is 0.271 e. The quantitative estimate of drug-likeness (QED) is 0.331. The van der Waals surface area contributed by atoms with Crippen LogP contribution in [0, 0.1) is 17.0 Å². The predicted molar refractivity (Wildman–Crippen MR) is 135 cm³/mol. The molecule has 0 fully saturated rings. The number of allylic oxidation sites excluding steroid dienone is 1. The highest BCUT2D eigenvalue weighted by Gasteiger charge is 2.34. The second-order valence-corrected chi connectivity index (χ2v) is 9.21. The number of furan rings is 1. The molecule has 1 amide bonds. The van der Waals surface area contributed by atoms with E-state index in [0.29, 0.717) is 43.4 Å². The molecule has 0 bridgehead atoms. The van der Waals surface area contributed by atoms with Gasteiger partial charge in [-0.15, -0.1) is 0 Å². The van der Waals surface area contributed by atoms with E-state index in [0.717, 1.165) is 0 Å². The van der Waals surface area contributed by atoms with E-state index >= 15 is 0 Å². The number of rotatable bonds is 5. The highest BCUT2D eigenvalue weighted by Crippen LogP contribution is 2.31. The number of non-ortho nitro benzene ring substituents is 1. The van der Waals surface area contributed by atoms with Gasteiger partial charge < -0.3 is 9.73 Å². The van der Waals surface area contributed by atoms with Gasteiger partial charge >= 0.3 is 0 Å². The molecule has 0 saturated heterocycles. The number of benzene rings is 2. The molecule has 1 N–H and O–H groups in total. The van der Waals surface area contributed by atoms with Gasteiger partial charge in [0.05, 0.1) is 20.7 Å². The number of aromatic nitrogens is 1. The smallest absolute Gasteiger partial charge is 0.271 e. The first-order chi connectivity index (χ1) is 17.3. The van der Waals surface area contributed by atoms with E-state index in [1.54, 1.807) is 56.3 Å². The summed E-state index contributed by atoms with van der Waals surface area (Å²) in [5, 5.41) is 13.8. The minimum Gasteiger partial charge on any atom is -0.464 e. The zero-order chi connectivity index (χ0) is 25.4. The molecule has 10 heteroatoms. The van der Waals surface area contributed by atoms with Crippen molar-refractivity contribution in [2.24, 2.45) is 4.99 Å². The Morgan fingerprint density at radius 2 is 1.83 bits per heavy atom. The van der Waals surface area contributed by atoms with Gasteiger partial charge in [0.2, 0.25) is 0 Å². The van der Waals surface area contributed by atoms with Gasteiger partial charge in [0, 0.05) is 17.8 Å². The molecule has 1 aliphatic rings. The fourth-order valence-electron chi connectivity index (χ4n) is 4.04. The molecule has 1 unspecified atom stereocenters. The average molecular weight is 501 g/mol. The number of hydrogen-bond donors (Lipinski definition) is 1. The SMILES string of the molecule is CC1=C(C(=O)Nc2ccccc2)C(c2ccc(C)o2)n2c(sc(=Cc3ccc([N+](=O)[O-])cc3)c2=O)=N1. The first-order valence-corrected chi connectivity index (χ1v) is 11.8. The summed E-state index contributed by atoms with van der Waals surface area (Å²) in [7, 11) is 0. The number of carbonyl (C=O) groups is 1. The lowest BCUT2D eigenvalue weighted by atomic mass is 10.00. The van der Waals surface area contributed by atoms with E-state index in [2.05, 4.69) is 10.3 Å². The lowest BCUT2D eigenvalue weighted by Gasteiger charge is -2.23. The highest BCUT2D eigenvalue weighted by atomic mass is 32.1. The Morgan fingerprint density at radius 1 is 1.11 bits per heavy atom. The summed E-state index contributed by atoms with van der Waals surface area (Å²) in [6.07, 6.45) is 1.65. The van der Waals surface area contributed by atoms with Crippen molar-refractivity contribution in [2.75, 3.05) is 5.32 Å². The van der Waals surface area contributed by atoms with E-state index < -0.39 is 11.0 Å². The highest BCUT2D eigenvalue weighted by molar-refractivity contribution is 7.07. The first kappa shape index (κ1) is 23.2. The molecule has 5 rings (SSSR count). The van der Waals surface area contributed by atoms with Gasteiger partial charge in [0.25, 0.3) is 17.2 Å². The number of hydrogen-bond acceptors (Lipinski definition) is 7. The van der Waals surface area contributed by atoms with E-state index in [1.165, 1.54) is 28.0 Å². The molecule has 36 heavy (non-hydrogen) atoms. The summed E-state index contributed by atoms with van der Waals surface area (Å²) in [6, 6.07) is 17.7. The minimum atomic E-state index is -0.808. The van der Waals surface area contributed by atoms with Crippen LogP contribution in [-0.2, 0) is 4.79 Å². The molecule has 180 valence electrons. The molecule has 4 aromatic rings. The van der Waals surface area contributed by atoms with Crippen LogP contribution in [0.2, 0.25) is 0 Å². The average Bonchev–Trinajstić information content (AvgIpc) is 3.42. The van der Waals surface area contributed by atoms with Crippen LogP contribution in [0.1, 0.15) is 30.0 Å².